The van der Waals surface area contributed by atoms with Crippen LogP contribution >= 0.6 is 0 Å². The first-order valence-corrected chi connectivity index (χ1v) is 7.47. The third kappa shape index (κ3) is 3.64. The third-order valence-corrected chi connectivity index (χ3v) is 4.30. The van der Waals surface area contributed by atoms with E-state index in [1.165, 1.54) is 38.4 Å². The molecule has 3 nitrogen and oxygen atoms in total. The van der Waals surface area contributed by atoms with Crippen LogP contribution in [0.15, 0.2) is 6.33 Å². The molecule has 1 saturated carbocycles. The molecule has 4 heteroatoms. The van der Waals surface area contributed by atoms with Crippen LogP contribution in [-0.4, -0.2) is 16.5 Å². The van der Waals surface area contributed by atoms with Crippen molar-refractivity contribution < 1.29 is 4.39 Å². The second kappa shape index (κ2) is 6.83. The van der Waals surface area contributed by atoms with Gasteiger partial charge in [0, 0.05) is 6.54 Å². The van der Waals surface area contributed by atoms with E-state index in [9.17, 15) is 4.39 Å². The van der Waals surface area contributed by atoms with Crippen LogP contribution in [0.3, 0.4) is 0 Å². The molecule has 1 heterocycles. The molecule has 0 spiro atoms. The molecule has 0 unspecified atom stereocenters. The normalized spacial score (nSPS) is 23.3. The summed E-state index contributed by atoms with van der Waals surface area (Å²) in [6, 6.07) is 0. The van der Waals surface area contributed by atoms with E-state index in [1.54, 1.807) is 0 Å². The molecule has 0 aliphatic heterocycles. The number of nitrogens with one attached hydrogen (secondary N) is 1. The van der Waals surface area contributed by atoms with Crippen molar-refractivity contribution in [3.8, 4) is 0 Å². The minimum atomic E-state index is -0.285. The van der Waals surface area contributed by atoms with Crippen LogP contribution in [0.1, 0.15) is 51.6 Å². The predicted molar refractivity (Wildman–Crippen MR) is 75.6 cm³/mol. The van der Waals surface area contributed by atoms with Crippen molar-refractivity contribution >= 4 is 5.82 Å². The second-order valence-electron chi connectivity index (χ2n) is 5.51. The molecule has 1 aromatic heterocycles. The molecule has 1 fully saturated rings. The Kier molecular flexibility index (Phi) is 5.11. The van der Waals surface area contributed by atoms with Gasteiger partial charge in [0.15, 0.2) is 11.6 Å². The van der Waals surface area contributed by atoms with Gasteiger partial charge in [0.05, 0.1) is 5.69 Å². The van der Waals surface area contributed by atoms with Gasteiger partial charge in [-0.3, -0.25) is 0 Å². The highest BCUT2D eigenvalue weighted by atomic mass is 19.1. The number of hydrogen-bond acceptors (Lipinski definition) is 3. The number of rotatable bonds is 5. The van der Waals surface area contributed by atoms with Crippen LogP contribution in [-0.2, 0) is 6.42 Å². The van der Waals surface area contributed by atoms with Gasteiger partial charge < -0.3 is 5.32 Å². The molecule has 0 aromatic carbocycles. The number of nitrogens with zero attached hydrogens (tertiary/aromatic N) is 2. The maximum Gasteiger partial charge on any atom is 0.186 e. The van der Waals surface area contributed by atoms with E-state index in [4.69, 9.17) is 0 Å². The second-order valence-corrected chi connectivity index (χ2v) is 5.51. The fourth-order valence-electron chi connectivity index (χ4n) is 2.86. The highest BCUT2D eigenvalue weighted by Gasteiger charge is 2.20. The lowest BCUT2D eigenvalue weighted by Crippen LogP contribution is -2.22. The Morgan fingerprint density at radius 1 is 1.16 bits per heavy atom. The van der Waals surface area contributed by atoms with Crippen molar-refractivity contribution in [3.05, 3.63) is 17.8 Å². The van der Waals surface area contributed by atoms with Crippen molar-refractivity contribution in [1.29, 1.82) is 0 Å². The molecule has 106 valence electrons. The molecule has 2 rings (SSSR count). The topological polar surface area (TPSA) is 37.8 Å². The summed E-state index contributed by atoms with van der Waals surface area (Å²) in [5.74, 6) is 1.64. The van der Waals surface area contributed by atoms with Crippen LogP contribution in [0.4, 0.5) is 10.2 Å². The Hall–Kier alpha value is -1.19. The first kappa shape index (κ1) is 14.2. The van der Waals surface area contributed by atoms with Gasteiger partial charge in [-0.1, -0.05) is 33.1 Å². The maximum atomic E-state index is 14.0. The molecule has 0 amide bonds. The number of aromatic nitrogens is 2. The molecule has 1 aliphatic rings. The zero-order chi connectivity index (χ0) is 13.7. The third-order valence-electron chi connectivity index (χ3n) is 4.30. The molecular formula is C15H24FN3. The summed E-state index contributed by atoms with van der Waals surface area (Å²) in [5.41, 5.74) is 0.493. The molecule has 1 aliphatic carbocycles. The molecule has 1 N–H and O–H groups in total. The predicted octanol–water partition coefficient (Wildman–Crippen LogP) is 3.81. The average molecular weight is 265 g/mol. The Bertz CT molecular complexity index is 400. The van der Waals surface area contributed by atoms with Crippen molar-refractivity contribution in [2.24, 2.45) is 11.8 Å². The van der Waals surface area contributed by atoms with Gasteiger partial charge in [0.1, 0.15) is 6.33 Å². The van der Waals surface area contributed by atoms with Crippen LogP contribution in [0.5, 0.6) is 0 Å². The van der Waals surface area contributed by atoms with E-state index in [2.05, 4.69) is 22.2 Å². The van der Waals surface area contributed by atoms with E-state index in [-0.39, 0.29) is 5.82 Å². The minimum Gasteiger partial charge on any atom is -0.367 e. The summed E-state index contributed by atoms with van der Waals surface area (Å²) >= 11 is 0. The summed E-state index contributed by atoms with van der Waals surface area (Å²) in [6.45, 7) is 5.00. The van der Waals surface area contributed by atoms with Gasteiger partial charge in [-0.2, -0.15) is 0 Å². The summed E-state index contributed by atoms with van der Waals surface area (Å²) in [7, 11) is 0. The van der Waals surface area contributed by atoms with Crippen molar-refractivity contribution in [2.45, 2.75) is 52.4 Å². The van der Waals surface area contributed by atoms with Gasteiger partial charge in [-0.05, 0) is 31.1 Å². The summed E-state index contributed by atoms with van der Waals surface area (Å²) in [5, 5.41) is 3.16. The number of halogens is 1. The molecule has 19 heavy (non-hydrogen) atoms. The van der Waals surface area contributed by atoms with E-state index in [0.29, 0.717) is 23.9 Å². The van der Waals surface area contributed by atoms with Crippen molar-refractivity contribution in [2.75, 3.05) is 11.9 Å². The quantitative estimate of drug-likeness (QED) is 0.879. The van der Waals surface area contributed by atoms with E-state index >= 15 is 0 Å². The zero-order valence-corrected chi connectivity index (χ0v) is 12.0. The molecule has 0 bridgehead atoms. The number of aryl methyl sites for hydroxylation is 1. The van der Waals surface area contributed by atoms with Gasteiger partial charge >= 0.3 is 0 Å². The highest BCUT2D eigenvalue weighted by Crippen LogP contribution is 2.30. The minimum absolute atomic E-state index is 0.285. The maximum absolute atomic E-state index is 14.0. The fourth-order valence-corrected chi connectivity index (χ4v) is 2.86. The van der Waals surface area contributed by atoms with Gasteiger partial charge in [-0.25, -0.2) is 14.4 Å². The lowest BCUT2D eigenvalue weighted by molar-refractivity contribution is 0.278. The van der Waals surface area contributed by atoms with Crippen molar-refractivity contribution in [1.82, 2.24) is 9.97 Å². The van der Waals surface area contributed by atoms with Crippen molar-refractivity contribution in [3.63, 3.8) is 0 Å². The average Bonchev–Trinajstić information content (AvgIpc) is 2.47. The SMILES string of the molecule is CCc1ncnc(NCC2CCC(CC)CC2)c1F. The lowest BCUT2D eigenvalue weighted by Gasteiger charge is -2.28. The first-order valence-electron chi connectivity index (χ1n) is 7.47. The van der Waals surface area contributed by atoms with Crippen LogP contribution in [0.25, 0.3) is 0 Å². The molecule has 0 radical (unpaired) electrons. The Balaban J connectivity index is 1.86. The lowest BCUT2D eigenvalue weighted by atomic mass is 9.81. The molecule has 0 atom stereocenters. The smallest absolute Gasteiger partial charge is 0.186 e. The fraction of sp³-hybridized carbons (Fsp3) is 0.733. The van der Waals surface area contributed by atoms with Gasteiger partial charge in [-0.15, -0.1) is 0 Å². The number of hydrogen-bond donors (Lipinski definition) is 1. The van der Waals surface area contributed by atoms with Crippen LogP contribution in [0.2, 0.25) is 0 Å². The zero-order valence-electron chi connectivity index (χ0n) is 12.0. The number of anilines is 1. The summed E-state index contributed by atoms with van der Waals surface area (Å²) in [6.07, 6.45) is 8.46. The molecule has 0 saturated heterocycles. The Morgan fingerprint density at radius 3 is 2.47 bits per heavy atom. The van der Waals surface area contributed by atoms with Crippen LogP contribution in [0, 0.1) is 17.7 Å². The standard InChI is InChI=1S/C15H24FN3/c1-3-11-5-7-12(8-6-11)9-17-15-14(16)13(4-2)18-10-19-15/h10-12H,3-9H2,1-2H3,(H,17,18,19). The van der Waals surface area contributed by atoms with Gasteiger partial charge in [0.2, 0.25) is 0 Å². The highest BCUT2D eigenvalue weighted by molar-refractivity contribution is 5.37. The van der Waals surface area contributed by atoms with E-state index in [0.717, 1.165) is 12.5 Å². The summed E-state index contributed by atoms with van der Waals surface area (Å²) in [4.78, 5) is 7.95. The first-order chi connectivity index (χ1) is 9.24. The monoisotopic (exact) mass is 265 g/mol. The van der Waals surface area contributed by atoms with E-state index in [1.807, 2.05) is 6.92 Å². The van der Waals surface area contributed by atoms with E-state index < -0.39 is 0 Å². The molecular weight excluding hydrogens is 241 g/mol. The van der Waals surface area contributed by atoms with Gasteiger partial charge in [0.25, 0.3) is 0 Å². The Labute approximate surface area is 115 Å². The molecule has 1 aromatic rings. The Morgan fingerprint density at radius 2 is 1.84 bits per heavy atom. The summed E-state index contributed by atoms with van der Waals surface area (Å²) < 4.78 is 14.0. The largest absolute Gasteiger partial charge is 0.367 e. The van der Waals surface area contributed by atoms with Crippen LogP contribution < -0.4 is 5.32 Å².